The monoisotopic (exact) mass is 306 g/mol. The van der Waals surface area contributed by atoms with Crippen LogP contribution in [0, 0.1) is 5.92 Å². The van der Waals surface area contributed by atoms with Gasteiger partial charge in [0.15, 0.2) is 0 Å². The summed E-state index contributed by atoms with van der Waals surface area (Å²) in [5.41, 5.74) is 0. The first-order chi connectivity index (χ1) is 10.2. The molecule has 0 aromatic carbocycles. The third kappa shape index (κ3) is 17.3. The fourth-order valence-corrected chi connectivity index (χ4v) is 1.40. The van der Waals surface area contributed by atoms with E-state index in [1.807, 2.05) is 0 Å². The molecule has 0 heterocycles. The van der Waals surface area contributed by atoms with Crippen LogP contribution >= 0.6 is 0 Å². The van der Waals surface area contributed by atoms with E-state index in [2.05, 4.69) is 18.6 Å². The minimum Gasteiger partial charge on any atom is -0.469 e. The predicted molar refractivity (Wildman–Crippen MR) is 79.4 cm³/mol. The van der Waals surface area contributed by atoms with Crippen LogP contribution in [0.3, 0.4) is 0 Å². The molecule has 0 aliphatic carbocycles. The number of carbonyl (C=O) groups excluding carboxylic acids is 1. The van der Waals surface area contributed by atoms with E-state index in [4.69, 9.17) is 18.9 Å². The number of methoxy groups -OCH3 is 1. The third-order valence-corrected chi connectivity index (χ3v) is 2.46. The highest BCUT2D eigenvalue weighted by Gasteiger charge is 1.99. The predicted octanol–water partition coefficient (Wildman–Crippen LogP) is 1.66. The van der Waals surface area contributed by atoms with Gasteiger partial charge >= 0.3 is 5.97 Å². The second-order valence-corrected chi connectivity index (χ2v) is 4.99. The molecule has 0 rings (SSSR count). The standard InChI is InChI=1S/C15H30O6/c1-14(2)13-21-12-11-20-10-9-19-8-7-18-6-4-5-15(16)17-3/h14H,4-13H2,1-3H3. The molecule has 6 nitrogen and oxygen atoms in total. The first-order valence-electron chi connectivity index (χ1n) is 7.54. The topological polar surface area (TPSA) is 63.2 Å². The van der Waals surface area contributed by atoms with Crippen molar-refractivity contribution in [2.24, 2.45) is 5.92 Å². The van der Waals surface area contributed by atoms with E-state index in [0.29, 0.717) is 65.0 Å². The smallest absolute Gasteiger partial charge is 0.305 e. The van der Waals surface area contributed by atoms with Crippen molar-refractivity contribution < 1.29 is 28.5 Å². The van der Waals surface area contributed by atoms with Crippen LogP contribution in [0.4, 0.5) is 0 Å². The van der Waals surface area contributed by atoms with Gasteiger partial charge in [0.1, 0.15) is 0 Å². The Balaban J connectivity index is 3.01. The van der Waals surface area contributed by atoms with Gasteiger partial charge in [-0.3, -0.25) is 4.79 Å². The third-order valence-electron chi connectivity index (χ3n) is 2.46. The first-order valence-corrected chi connectivity index (χ1v) is 7.54. The lowest BCUT2D eigenvalue weighted by atomic mass is 10.2. The lowest BCUT2D eigenvalue weighted by molar-refractivity contribution is -0.141. The number of carbonyl (C=O) groups is 1. The molecule has 0 amide bonds. The van der Waals surface area contributed by atoms with Crippen LogP contribution in [-0.4, -0.2) is 65.9 Å². The zero-order valence-corrected chi connectivity index (χ0v) is 13.6. The molecule has 6 heteroatoms. The highest BCUT2D eigenvalue weighted by Crippen LogP contribution is 1.93. The fourth-order valence-electron chi connectivity index (χ4n) is 1.40. The summed E-state index contributed by atoms with van der Waals surface area (Å²) in [6.45, 7) is 8.95. The van der Waals surface area contributed by atoms with Gasteiger partial charge in [0.25, 0.3) is 0 Å². The van der Waals surface area contributed by atoms with Gasteiger partial charge in [-0.1, -0.05) is 13.8 Å². The summed E-state index contributed by atoms with van der Waals surface area (Å²) in [4.78, 5) is 10.8. The van der Waals surface area contributed by atoms with Crippen molar-refractivity contribution in [1.82, 2.24) is 0 Å². The lowest BCUT2D eigenvalue weighted by Gasteiger charge is -2.08. The van der Waals surface area contributed by atoms with E-state index in [1.54, 1.807) is 0 Å². The molecule has 0 saturated heterocycles. The first kappa shape index (κ1) is 20.3. The molecule has 0 saturated carbocycles. The van der Waals surface area contributed by atoms with Crippen molar-refractivity contribution >= 4 is 5.97 Å². The highest BCUT2D eigenvalue weighted by molar-refractivity contribution is 5.68. The molecule has 0 aliphatic heterocycles. The summed E-state index contributed by atoms with van der Waals surface area (Å²) in [5, 5.41) is 0. The maximum atomic E-state index is 10.8. The van der Waals surface area contributed by atoms with E-state index in [1.165, 1.54) is 7.11 Å². The normalized spacial score (nSPS) is 11.0. The Hall–Kier alpha value is -0.690. The Morgan fingerprint density at radius 1 is 0.810 bits per heavy atom. The maximum Gasteiger partial charge on any atom is 0.305 e. The second-order valence-electron chi connectivity index (χ2n) is 4.99. The van der Waals surface area contributed by atoms with Gasteiger partial charge in [-0.25, -0.2) is 0 Å². The van der Waals surface area contributed by atoms with E-state index in [0.717, 1.165) is 6.61 Å². The van der Waals surface area contributed by atoms with Gasteiger partial charge in [0, 0.05) is 19.6 Å². The molecule has 0 aromatic heterocycles. The van der Waals surface area contributed by atoms with E-state index in [9.17, 15) is 4.79 Å². The molecule has 0 aliphatic rings. The summed E-state index contributed by atoms with van der Waals surface area (Å²) < 4.78 is 25.9. The molecule has 0 fully saturated rings. The summed E-state index contributed by atoms with van der Waals surface area (Å²) in [5.74, 6) is 0.352. The van der Waals surface area contributed by atoms with Crippen molar-refractivity contribution in [3.8, 4) is 0 Å². The Labute approximate surface area is 128 Å². The number of hydrogen-bond donors (Lipinski definition) is 0. The zero-order chi connectivity index (χ0) is 15.8. The van der Waals surface area contributed by atoms with Gasteiger partial charge in [0.05, 0.1) is 46.8 Å². The van der Waals surface area contributed by atoms with Gasteiger partial charge < -0.3 is 23.7 Å². The maximum absolute atomic E-state index is 10.8. The van der Waals surface area contributed by atoms with Crippen LogP contribution in [0.25, 0.3) is 0 Å². The minimum atomic E-state index is -0.204. The lowest BCUT2D eigenvalue weighted by Crippen LogP contribution is -2.13. The van der Waals surface area contributed by atoms with Gasteiger partial charge in [-0.2, -0.15) is 0 Å². The van der Waals surface area contributed by atoms with E-state index >= 15 is 0 Å². The number of ether oxygens (including phenoxy) is 5. The van der Waals surface area contributed by atoms with Crippen LogP contribution in [-0.2, 0) is 28.5 Å². The van der Waals surface area contributed by atoms with Crippen LogP contribution in [0.2, 0.25) is 0 Å². The Bertz CT molecular complexity index is 232. The molecule has 0 aromatic rings. The van der Waals surface area contributed by atoms with Crippen molar-refractivity contribution in [3.05, 3.63) is 0 Å². The number of rotatable bonds is 15. The van der Waals surface area contributed by atoms with Crippen LogP contribution < -0.4 is 0 Å². The summed E-state index contributed by atoms with van der Waals surface area (Å²) in [6, 6.07) is 0. The zero-order valence-electron chi connectivity index (χ0n) is 13.6. The summed E-state index contributed by atoms with van der Waals surface area (Å²) >= 11 is 0. The number of hydrogen-bond acceptors (Lipinski definition) is 6. The number of esters is 1. The molecule has 0 atom stereocenters. The van der Waals surface area contributed by atoms with Crippen molar-refractivity contribution in [1.29, 1.82) is 0 Å². The Morgan fingerprint density at radius 2 is 1.29 bits per heavy atom. The van der Waals surface area contributed by atoms with Crippen LogP contribution in [0.1, 0.15) is 26.7 Å². The van der Waals surface area contributed by atoms with Crippen molar-refractivity contribution in [3.63, 3.8) is 0 Å². The molecule has 0 unspecified atom stereocenters. The van der Waals surface area contributed by atoms with E-state index < -0.39 is 0 Å². The SMILES string of the molecule is COC(=O)CCCOCCOCCOCCOCC(C)C. The average molecular weight is 306 g/mol. The molecule has 21 heavy (non-hydrogen) atoms. The largest absolute Gasteiger partial charge is 0.469 e. The molecule has 126 valence electrons. The van der Waals surface area contributed by atoms with Crippen molar-refractivity contribution in [2.75, 3.05) is 60.0 Å². The Kier molecular flexibility index (Phi) is 15.2. The van der Waals surface area contributed by atoms with E-state index in [-0.39, 0.29) is 5.97 Å². The average Bonchev–Trinajstić information content (AvgIpc) is 2.46. The molecule has 0 N–H and O–H groups in total. The van der Waals surface area contributed by atoms with Gasteiger partial charge in [-0.05, 0) is 12.3 Å². The van der Waals surface area contributed by atoms with Gasteiger partial charge in [0.2, 0.25) is 0 Å². The van der Waals surface area contributed by atoms with Gasteiger partial charge in [-0.15, -0.1) is 0 Å². The molecular formula is C15H30O6. The van der Waals surface area contributed by atoms with Crippen LogP contribution in [0.5, 0.6) is 0 Å². The molecular weight excluding hydrogens is 276 g/mol. The highest BCUT2D eigenvalue weighted by atomic mass is 16.6. The fraction of sp³-hybridized carbons (Fsp3) is 0.933. The second kappa shape index (κ2) is 15.7. The summed E-state index contributed by atoms with van der Waals surface area (Å²) in [6.07, 6.45) is 1.07. The molecule has 0 radical (unpaired) electrons. The molecule has 0 bridgehead atoms. The molecule has 0 spiro atoms. The quantitative estimate of drug-likeness (QED) is 0.339. The van der Waals surface area contributed by atoms with Crippen LogP contribution in [0.15, 0.2) is 0 Å². The minimum absolute atomic E-state index is 0.204. The summed E-state index contributed by atoms with van der Waals surface area (Å²) in [7, 11) is 1.38. The Morgan fingerprint density at radius 3 is 1.76 bits per heavy atom. The van der Waals surface area contributed by atoms with Crippen molar-refractivity contribution in [2.45, 2.75) is 26.7 Å².